The summed E-state index contributed by atoms with van der Waals surface area (Å²) in [7, 11) is 0. The van der Waals surface area contributed by atoms with E-state index in [0.717, 1.165) is 27.7 Å². The number of hydrogen-bond acceptors (Lipinski definition) is 2. The summed E-state index contributed by atoms with van der Waals surface area (Å²) in [6.45, 7) is 6.47. The van der Waals surface area contributed by atoms with Crippen molar-refractivity contribution in [1.29, 1.82) is 0 Å². The van der Waals surface area contributed by atoms with Crippen molar-refractivity contribution in [2.24, 2.45) is 0 Å². The van der Waals surface area contributed by atoms with Gasteiger partial charge in [0.1, 0.15) is 6.04 Å². The molecule has 0 spiro atoms. The maximum atomic E-state index is 12.7. The zero-order chi connectivity index (χ0) is 15.6. The fraction of sp³-hybridized carbons (Fsp3) is 0.500. The van der Waals surface area contributed by atoms with Crippen LogP contribution >= 0.6 is 15.9 Å². The minimum atomic E-state index is -0.408. The van der Waals surface area contributed by atoms with Crippen molar-refractivity contribution in [3.05, 3.63) is 27.7 Å². The van der Waals surface area contributed by atoms with E-state index in [0.29, 0.717) is 19.4 Å². The van der Waals surface area contributed by atoms with Gasteiger partial charge in [-0.15, -0.1) is 0 Å². The molecule has 1 saturated heterocycles. The highest BCUT2D eigenvalue weighted by Gasteiger charge is 2.30. The van der Waals surface area contributed by atoms with Gasteiger partial charge in [0.25, 0.3) is 0 Å². The summed E-state index contributed by atoms with van der Waals surface area (Å²) < 4.78 is 1.06. The zero-order valence-corrected chi connectivity index (χ0v) is 14.3. The second-order valence-corrected chi connectivity index (χ2v) is 6.34. The first-order valence-corrected chi connectivity index (χ1v) is 8.10. The molecule has 4 nitrogen and oxygen atoms in total. The molecule has 0 aliphatic carbocycles. The SMILES string of the molecule is CCCC1NC(=O)CCN(c2cc(C)c(Br)c(C)c2)C1=O. The maximum Gasteiger partial charge on any atom is 0.249 e. The smallest absolute Gasteiger partial charge is 0.249 e. The molecule has 5 heteroatoms. The summed E-state index contributed by atoms with van der Waals surface area (Å²) in [6.07, 6.45) is 1.89. The van der Waals surface area contributed by atoms with Gasteiger partial charge in [0, 0.05) is 23.1 Å². The molecule has 1 unspecified atom stereocenters. The van der Waals surface area contributed by atoms with Crippen LogP contribution in [0.4, 0.5) is 5.69 Å². The number of carbonyl (C=O) groups excluding carboxylic acids is 2. The average molecular weight is 353 g/mol. The van der Waals surface area contributed by atoms with E-state index < -0.39 is 6.04 Å². The Labute approximate surface area is 134 Å². The van der Waals surface area contributed by atoms with Gasteiger partial charge in [0.2, 0.25) is 11.8 Å². The van der Waals surface area contributed by atoms with Gasteiger partial charge in [-0.25, -0.2) is 0 Å². The van der Waals surface area contributed by atoms with Crippen molar-refractivity contribution in [3.63, 3.8) is 0 Å². The lowest BCUT2D eigenvalue weighted by molar-refractivity contribution is -0.125. The lowest BCUT2D eigenvalue weighted by Crippen LogP contribution is -2.44. The summed E-state index contributed by atoms with van der Waals surface area (Å²) in [5.41, 5.74) is 3.05. The first kappa shape index (κ1) is 16.0. The van der Waals surface area contributed by atoms with Gasteiger partial charge in [-0.1, -0.05) is 29.3 Å². The zero-order valence-electron chi connectivity index (χ0n) is 12.7. The number of aryl methyl sites for hydroxylation is 2. The van der Waals surface area contributed by atoms with E-state index in [-0.39, 0.29) is 11.8 Å². The predicted molar refractivity (Wildman–Crippen MR) is 87.4 cm³/mol. The van der Waals surface area contributed by atoms with Crippen LogP contribution in [0.15, 0.2) is 16.6 Å². The molecule has 1 aromatic rings. The topological polar surface area (TPSA) is 49.4 Å². The first-order chi connectivity index (χ1) is 9.93. The number of hydrogen-bond donors (Lipinski definition) is 1. The molecule has 0 bridgehead atoms. The molecule has 1 heterocycles. The normalized spacial score (nSPS) is 19.4. The van der Waals surface area contributed by atoms with Gasteiger partial charge in [-0.3, -0.25) is 9.59 Å². The molecule has 0 radical (unpaired) electrons. The fourth-order valence-corrected chi connectivity index (χ4v) is 2.89. The van der Waals surface area contributed by atoms with Crippen LogP contribution in [0.25, 0.3) is 0 Å². The molecule has 21 heavy (non-hydrogen) atoms. The van der Waals surface area contributed by atoms with Gasteiger partial charge < -0.3 is 10.2 Å². The van der Waals surface area contributed by atoms with Crippen LogP contribution in [0.2, 0.25) is 0 Å². The van der Waals surface area contributed by atoms with Gasteiger partial charge in [-0.05, 0) is 43.5 Å². The third-order valence-electron chi connectivity index (χ3n) is 3.77. The van der Waals surface area contributed by atoms with Crippen LogP contribution in [0.5, 0.6) is 0 Å². The van der Waals surface area contributed by atoms with E-state index in [1.807, 2.05) is 32.9 Å². The number of amides is 2. The largest absolute Gasteiger partial charge is 0.344 e. The van der Waals surface area contributed by atoms with Gasteiger partial charge in [-0.2, -0.15) is 0 Å². The maximum absolute atomic E-state index is 12.7. The number of nitrogens with one attached hydrogen (secondary N) is 1. The molecule has 0 aromatic heterocycles. The lowest BCUT2D eigenvalue weighted by atomic mass is 10.1. The van der Waals surface area contributed by atoms with E-state index in [2.05, 4.69) is 21.2 Å². The van der Waals surface area contributed by atoms with Gasteiger partial charge in [0.15, 0.2) is 0 Å². The molecule has 0 saturated carbocycles. The van der Waals surface area contributed by atoms with E-state index >= 15 is 0 Å². The molecule has 2 amide bonds. The minimum Gasteiger partial charge on any atom is -0.344 e. The van der Waals surface area contributed by atoms with Crippen LogP contribution in [0.3, 0.4) is 0 Å². The van der Waals surface area contributed by atoms with Crippen LogP contribution in [-0.4, -0.2) is 24.4 Å². The predicted octanol–water partition coefficient (Wildman–Crippen LogP) is 3.09. The summed E-state index contributed by atoms with van der Waals surface area (Å²) in [4.78, 5) is 26.2. The fourth-order valence-electron chi connectivity index (χ4n) is 2.66. The Bertz CT molecular complexity index is 548. The Balaban J connectivity index is 2.36. The number of nitrogens with zero attached hydrogens (tertiary/aromatic N) is 1. The molecule has 1 aliphatic rings. The van der Waals surface area contributed by atoms with E-state index in [9.17, 15) is 9.59 Å². The van der Waals surface area contributed by atoms with Crippen molar-refractivity contribution in [1.82, 2.24) is 5.32 Å². The van der Waals surface area contributed by atoms with Crippen LogP contribution in [0, 0.1) is 13.8 Å². The third-order valence-corrected chi connectivity index (χ3v) is 5.02. The van der Waals surface area contributed by atoms with E-state index in [1.54, 1.807) is 4.90 Å². The summed E-state index contributed by atoms with van der Waals surface area (Å²) in [6, 6.07) is 3.58. The Morgan fingerprint density at radius 1 is 1.29 bits per heavy atom. The van der Waals surface area contributed by atoms with Crippen LogP contribution < -0.4 is 10.2 Å². The number of halogens is 1. The average Bonchev–Trinajstić information content (AvgIpc) is 2.56. The van der Waals surface area contributed by atoms with Crippen LogP contribution in [-0.2, 0) is 9.59 Å². The van der Waals surface area contributed by atoms with E-state index in [1.165, 1.54) is 0 Å². The van der Waals surface area contributed by atoms with Crippen molar-refractivity contribution in [2.45, 2.75) is 46.1 Å². The third kappa shape index (κ3) is 3.46. The van der Waals surface area contributed by atoms with Crippen LogP contribution in [0.1, 0.15) is 37.3 Å². The molecule has 1 atom stereocenters. The van der Waals surface area contributed by atoms with Crippen molar-refractivity contribution >= 4 is 33.4 Å². The highest BCUT2D eigenvalue weighted by molar-refractivity contribution is 9.10. The number of rotatable bonds is 3. The summed E-state index contributed by atoms with van der Waals surface area (Å²) >= 11 is 3.54. The number of carbonyl (C=O) groups is 2. The highest BCUT2D eigenvalue weighted by atomic mass is 79.9. The van der Waals surface area contributed by atoms with Crippen molar-refractivity contribution in [2.75, 3.05) is 11.4 Å². The van der Waals surface area contributed by atoms with Crippen molar-refractivity contribution in [3.8, 4) is 0 Å². The van der Waals surface area contributed by atoms with Crippen molar-refractivity contribution < 1.29 is 9.59 Å². The Hall–Kier alpha value is -1.36. The summed E-state index contributed by atoms with van der Waals surface area (Å²) in [5, 5.41) is 2.83. The molecule has 1 aromatic carbocycles. The first-order valence-electron chi connectivity index (χ1n) is 7.31. The lowest BCUT2D eigenvalue weighted by Gasteiger charge is -2.25. The molecule has 114 valence electrons. The number of anilines is 1. The molecule has 2 rings (SSSR count). The molecule has 1 fully saturated rings. The molecule has 1 aliphatic heterocycles. The minimum absolute atomic E-state index is 0.0103. The quantitative estimate of drug-likeness (QED) is 0.908. The highest BCUT2D eigenvalue weighted by Crippen LogP contribution is 2.28. The van der Waals surface area contributed by atoms with E-state index in [4.69, 9.17) is 0 Å². The Kier molecular flexibility index (Phi) is 5.04. The molecular weight excluding hydrogens is 332 g/mol. The standard InChI is InChI=1S/C16H21BrN2O2/c1-4-5-13-16(21)19(7-6-14(20)18-13)12-8-10(2)15(17)11(3)9-12/h8-9,13H,4-7H2,1-3H3,(H,18,20). The Morgan fingerprint density at radius 3 is 2.48 bits per heavy atom. The second-order valence-electron chi connectivity index (χ2n) is 5.54. The number of benzene rings is 1. The Morgan fingerprint density at radius 2 is 1.90 bits per heavy atom. The monoisotopic (exact) mass is 352 g/mol. The van der Waals surface area contributed by atoms with Gasteiger partial charge in [0.05, 0.1) is 0 Å². The summed E-state index contributed by atoms with van der Waals surface area (Å²) in [5.74, 6) is -0.0568. The molecular formula is C16H21BrN2O2. The molecule has 1 N–H and O–H groups in total. The second kappa shape index (κ2) is 6.60. The van der Waals surface area contributed by atoms with Gasteiger partial charge >= 0.3 is 0 Å².